The summed E-state index contributed by atoms with van der Waals surface area (Å²) in [5, 5.41) is 6.71. The molecule has 6 nitrogen and oxygen atoms in total. The molecule has 0 amide bonds. The Hall–Kier alpha value is -1.56. The molecule has 0 atom stereocenters. The average molecular weight is 293 g/mol. The molecule has 1 aliphatic rings. The van der Waals surface area contributed by atoms with Gasteiger partial charge in [-0.1, -0.05) is 6.92 Å². The topological polar surface area (TPSA) is 62.3 Å². The second kappa shape index (κ2) is 8.02. The van der Waals surface area contributed by atoms with Crippen LogP contribution < -0.4 is 15.4 Å². The first-order chi connectivity index (χ1) is 10.2. The predicted molar refractivity (Wildman–Crippen MR) is 86.1 cm³/mol. The van der Waals surface area contributed by atoms with E-state index in [2.05, 4.69) is 39.5 Å². The zero-order valence-corrected chi connectivity index (χ0v) is 13.4. The van der Waals surface area contributed by atoms with E-state index in [9.17, 15) is 0 Å². The Bertz CT molecular complexity index is 432. The summed E-state index contributed by atoms with van der Waals surface area (Å²) in [4.78, 5) is 11.0. The van der Waals surface area contributed by atoms with Gasteiger partial charge in [-0.3, -0.25) is 0 Å². The number of ether oxygens (including phenoxy) is 1. The molecule has 21 heavy (non-hydrogen) atoms. The maximum atomic E-state index is 5.47. The van der Waals surface area contributed by atoms with E-state index in [1.54, 1.807) is 13.4 Å². The summed E-state index contributed by atoms with van der Waals surface area (Å²) in [5.74, 6) is 2.96. The van der Waals surface area contributed by atoms with Crippen LogP contribution in [0.1, 0.15) is 26.2 Å². The number of nitrogens with one attached hydrogen (secondary N) is 2. The van der Waals surface area contributed by atoms with Crippen LogP contribution in [0.5, 0.6) is 5.75 Å². The summed E-state index contributed by atoms with van der Waals surface area (Å²) in [6, 6.07) is 0. The van der Waals surface area contributed by atoms with E-state index in [-0.39, 0.29) is 0 Å². The Morgan fingerprint density at radius 1 is 1.24 bits per heavy atom. The van der Waals surface area contributed by atoms with Gasteiger partial charge < -0.3 is 20.3 Å². The third-order valence-corrected chi connectivity index (χ3v) is 3.95. The van der Waals surface area contributed by atoms with E-state index < -0.39 is 0 Å². The Kier molecular flexibility index (Phi) is 6.04. The van der Waals surface area contributed by atoms with Crippen LogP contribution in [0, 0.1) is 5.92 Å². The van der Waals surface area contributed by atoms with Crippen molar-refractivity contribution < 1.29 is 4.74 Å². The molecular formula is C15H27N5O. The number of methoxy groups -OCH3 is 1. The van der Waals surface area contributed by atoms with Gasteiger partial charge in [-0.2, -0.15) is 0 Å². The van der Waals surface area contributed by atoms with Crippen molar-refractivity contribution >= 4 is 11.6 Å². The normalized spacial score (nSPS) is 16.7. The molecular weight excluding hydrogens is 266 g/mol. The van der Waals surface area contributed by atoms with Crippen molar-refractivity contribution in [3.8, 4) is 5.75 Å². The highest BCUT2D eigenvalue weighted by atomic mass is 16.5. The summed E-state index contributed by atoms with van der Waals surface area (Å²) >= 11 is 0. The van der Waals surface area contributed by atoms with Crippen LogP contribution in [0.15, 0.2) is 6.33 Å². The lowest BCUT2D eigenvalue weighted by Crippen LogP contribution is -2.33. The van der Waals surface area contributed by atoms with Gasteiger partial charge in [-0.05, 0) is 45.3 Å². The highest BCUT2D eigenvalue weighted by molar-refractivity contribution is 5.63. The van der Waals surface area contributed by atoms with Crippen LogP contribution >= 0.6 is 0 Å². The molecule has 2 rings (SSSR count). The number of nitrogens with zero attached hydrogens (tertiary/aromatic N) is 3. The number of hydrogen-bond acceptors (Lipinski definition) is 6. The number of hydrogen-bond donors (Lipinski definition) is 2. The second-order valence-electron chi connectivity index (χ2n) is 5.66. The zero-order valence-electron chi connectivity index (χ0n) is 13.4. The van der Waals surface area contributed by atoms with Crippen molar-refractivity contribution in [1.82, 2.24) is 14.9 Å². The SMILES string of the molecule is CCCNc1ncnc(NCC2CCN(C)CC2)c1OC. The van der Waals surface area contributed by atoms with E-state index in [1.165, 1.54) is 25.9 Å². The van der Waals surface area contributed by atoms with Crippen molar-refractivity contribution in [1.29, 1.82) is 0 Å². The molecule has 6 heteroatoms. The standard InChI is InChI=1S/C15H27N5O/c1-4-7-16-14-13(21-3)15(19-11-18-14)17-10-12-5-8-20(2)9-6-12/h11-12H,4-10H2,1-3H3,(H2,16,17,18,19). The lowest BCUT2D eigenvalue weighted by atomic mass is 9.97. The monoisotopic (exact) mass is 293 g/mol. The summed E-state index contributed by atoms with van der Waals surface area (Å²) in [6.45, 7) is 6.29. The third kappa shape index (κ3) is 4.46. The number of rotatable bonds is 7. The van der Waals surface area contributed by atoms with Crippen molar-refractivity contribution in [3.05, 3.63) is 6.33 Å². The quantitative estimate of drug-likeness (QED) is 0.802. The molecule has 1 aromatic rings. The predicted octanol–water partition coefficient (Wildman–Crippen LogP) is 2.06. The Morgan fingerprint density at radius 3 is 2.52 bits per heavy atom. The zero-order chi connectivity index (χ0) is 15.1. The van der Waals surface area contributed by atoms with Crippen LogP contribution in [-0.2, 0) is 0 Å². The molecule has 2 heterocycles. The van der Waals surface area contributed by atoms with Gasteiger partial charge in [0.15, 0.2) is 11.6 Å². The van der Waals surface area contributed by atoms with Crippen LogP contribution in [0.2, 0.25) is 0 Å². The smallest absolute Gasteiger partial charge is 0.204 e. The first-order valence-electron chi connectivity index (χ1n) is 7.79. The fourth-order valence-corrected chi connectivity index (χ4v) is 2.57. The molecule has 0 unspecified atom stereocenters. The van der Waals surface area contributed by atoms with Crippen molar-refractivity contribution in [2.24, 2.45) is 5.92 Å². The van der Waals surface area contributed by atoms with Crippen molar-refractivity contribution in [2.75, 3.05) is 51.0 Å². The van der Waals surface area contributed by atoms with Crippen molar-refractivity contribution in [3.63, 3.8) is 0 Å². The maximum absolute atomic E-state index is 5.47. The molecule has 0 aromatic carbocycles. The highest BCUT2D eigenvalue weighted by Gasteiger charge is 2.18. The van der Waals surface area contributed by atoms with Crippen LogP contribution in [0.4, 0.5) is 11.6 Å². The molecule has 1 saturated heterocycles. The molecule has 0 spiro atoms. The van der Waals surface area contributed by atoms with Gasteiger partial charge in [-0.15, -0.1) is 0 Å². The molecule has 0 aliphatic carbocycles. The Labute approximate surface area is 127 Å². The van der Waals surface area contributed by atoms with Gasteiger partial charge in [0.05, 0.1) is 7.11 Å². The largest absolute Gasteiger partial charge is 0.490 e. The van der Waals surface area contributed by atoms with Crippen LogP contribution in [0.25, 0.3) is 0 Å². The van der Waals surface area contributed by atoms with E-state index in [0.29, 0.717) is 11.7 Å². The summed E-state index contributed by atoms with van der Waals surface area (Å²) < 4.78 is 5.47. The van der Waals surface area contributed by atoms with E-state index in [1.807, 2.05) is 0 Å². The molecule has 1 aliphatic heterocycles. The highest BCUT2D eigenvalue weighted by Crippen LogP contribution is 2.29. The maximum Gasteiger partial charge on any atom is 0.204 e. The van der Waals surface area contributed by atoms with Gasteiger partial charge in [-0.25, -0.2) is 9.97 Å². The summed E-state index contributed by atoms with van der Waals surface area (Å²) in [5.41, 5.74) is 0. The summed E-state index contributed by atoms with van der Waals surface area (Å²) in [7, 11) is 3.85. The molecule has 1 aromatic heterocycles. The lowest BCUT2D eigenvalue weighted by Gasteiger charge is -2.29. The fourth-order valence-electron chi connectivity index (χ4n) is 2.57. The van der Waals surface area contributed by atoms with Crippen molar-refractivity contribution in [2.45, 2.75) is 26.2 Å². The minimum atomic E-state index is 0.702. The van der Waals surface area contributed by atoms with Gasteiger partial charge in [0.1, 0.15) is 6.33 Å². The molecule has 0 radical (unpaired) electrons. The second-order valence-corrected chi connectivity index (χ2v) is 5.66. The van der Waals surface area contributed by atoms with Gasteiger partial charge >= 0.3 is 0 Å². The van der Waals surface area contributed by atoms with E-state index >= 15 is 0 Å². The fraction of sp³-hybridized carbons (Fsp3) is 0.733. The van der Waals surface area contributed by atoms with Gasteiger partial charge in [0, 0.05) is 13.1 Å². The lowest BCUT2D eigenvalue weighted by molar-refractivity contribution is 0.226. The minimum absolute atomic E-state index is 0.702. The van der Waals surface area contributed by atoms with Crippen LogP contribution in [0.3, 0.4) is 0 Å². The molecule has 0 saturated carbocycles. The molecule has 2 N–H and O–H groups in total. The van der Waals surface area contributed by atoms with E-state index in [4.69, 9.17) is 4.74 Å². The third-order valence-electron chi connectivity index (χ3n) is 3.95. The number of piperidine rings is 1. The van der Waals surface area contributed by atoms with Gasteiger partial charge in [0.2, 0.25) is 5.75 Å². The Morgan fingerprint density at radius 2 is 1.90 bits per heavy atom. The number of aromatic nitrogens is 2. The molecule has 0 bridgehead atoms. The van der Waals surface area contributed by atoms with Crippen LogP contribution in [-0.4, -0.2) is 55.2 Å². The van der Waals surface area contributed by atoms with E-state index in [0.717, 1.165) is 31.1 Å². The first kappa shape index (κ1) is 15.8. The minimum Gasteiger partial charge on any atom is -0.490 e. The van der Waals surface area contributed by atoms with Gasteiger partial charge in [0.25, 0.3) is 0 Å². The summed E-state index contributed by atoms with van der Waals surface area (Å²) in [6.07, 6.45) is 5.10. The number of likely N-dealkylation sites (tertiary alicyclic amines) is 1. The average Bonchev–Trinajstić information content (AvgIpc) is 2.52. The Balaban J connectivity index is 1.95. The molecule has 118 valence electrons. The number of anilines is 2. The molecule has 1 fully saturated rings. The first-order valence-corrected chi connectivity index (χ1v) is 7.79.